The summed E-state index contributed by atoms with van der Waals surface area (Å²) in [6, 6.07) is 0. The number of carbonyl (C=O) groups is 2. The van der Waals surface area contributed by atoms with Crippen LogP contribution in [0.4, 0.5) is 0 Å². The zero-order valence-electron chi connectivity index (χ0n) is 9.86. The Morgan fingerprint density at radius 3 is 2.12 bits per heavy atom. The van der Waals surface area contributed by atoms with Gasteiger partial charge in [0.05, 0.1) is 12.5 Å². The van der Waals surface area contributed by atoms with E-state index >= 15 is 0 Å². The van der Waals surface area contributed by atoms with Crippen molar-refractivity contribution in [2.75, 3.05) is 0 Å². The highest BCUT2D eigenvalue weighted by atomic mass is 16.7. The number of carbonyl (C=O) groups excluding carboxylic acids is 2. The molecule has 1 fully saturated rings. The van der Waals surface area contributed by atoms with Crippen LogP contribution >= 0.6 is 0 Å². The van der Waals surface area contributed by atoms with Gasteiger partial charge in [0.2, 0.25) is 0 Å². The van der Waals surface area contributed by atoms with Crippen molar-refractivity contribution in [2.24, 2.45) is 5.92 Å². The predicted octanol–water partition coefficient (Wildman–Crippen LogP) is 0.990. The van der Waals surface area contributed by atoms with Crippen molar-refractivity contribution in [1.29, 1.82) is 0 Å². The molecule has 0 saturated heterocycles. The van der Waals surface area contributed by atoms with Crippen LogP contribution in [0.25, 0.3) is 0 Å². The van der Waals surface area contributed by atoms with Gasteiger partial charge in [-0.25, -0.2) is 0 Å². The van der Waals surface area contributed by atoms with Gasteiger partial charge in [-0.2, -0.15) is 0 Å². The number of aliphatic hydroxyl groups excluding tert-OH is 1. The van der Waals surface area contributed by atoms with E-state index in [4.69, 9.17) is 9.47 Å². The van der Waals surface area contributed by atoms with Crippen LogP contribution in [-0.2, 0) is 19.1 Å². The van der Waals surface area contributed by atoms with E-state index in [-0.39, 0.29) is 12.3 Å². The van der Waals surface area contributed by atoms with Crippen LogP contribution in [0.5, 0.6) is 0 Å². The molecule has 2 unspecified atom stereocenters. The van der Waals surface area contributed by atoms with E-state index in [0.717, 1.165) is 0 Å². The standard InChI is InChI=1S/C11H18O5/c1-7-4-5-11(6-10(7)14,15-8(2)12)16-9(3)13/h7,10,14H,4-6H2,1-3H3. The number of aliphatic hydroxyl groups is 1. The van der Waals surface area contributed by atoms with Crippen molar-refractivity contribution in [3.05, 3.63) is 0 Å². The summed E-state index contributed by atoms with van der Waals surface area (Å²) in [4.78, 5) is 22.0. The Morgan fingerprint density at radius 2 is 1.75 bits per heavy atom. The molecular weight excluding hydrogens is 212 g/mol. The average molecular weight is 230 g/mol. The second kappa shape index (κ2) is 4.82. The van der Waals surface area contributed by atoms with Crippen molar-refractivity contribution in [3.63, 3.8) is 0 Å². The van der Waals surface area contributed by atoms with Crippen LogP contribution in [0.3, 0.4) is 0 Å². The molecule has 0 spiro atoms. The van der Waals surface area contributed by atoms with E-state index in [1.54, 1.807) is 0 Å². The molecule has 2 atom stereocenters. The molecule has 5 heteroatoms. The summed E-state index contributed by atoms with van der Waals surface area (Å²) in [5.41, 5.74) is 0. The quantitative estimate of drug-likeness (QED) is 0.565. The summed E-state index contributed by atoms with van der Waals surface area (Å²) in [7, 11) is 0. The maximum absolute atomic E-state index is 11.0. The van der Waals surface area contributed by atoms with Gasteiger partial charge in [0.25, 0.3) is 5.79 Å². The largest absolute Gasteiger partial charge is 0.423 e. The third-order valence-electron chi connectivity index (χ3n) is 2.82. The Hall–Kier alpha value is -1.10. The Kier molecular flexibility index (Phi) is 3.91. The summed E-state index contributed by atoms with van der Waals surface area (Å²) in [6.07, 6.45) is 0.617. The summed E-state index contributed by atoms with van der Waals surface area (Å²) in [6.45, 7) is 4.43. The molecule has 1 N–H and O–H groups in total. The van der Waals surface area contributed by atoms with Gasteiger partial charge in [-0.1, -0.05) is 6.92 Å². The van der Waals surface area contributed by atoms with Gasteiger partial charge in [-0.15, -0.1) is 0 Å². The predicted molar refractivity (Wildman–Crippen MR) is 55.3 cm³/mol. The number of esters is 2. The summed E-state index contributed by atoms with van der Waals surface area (Å²) < 4.78 is 10.1. The fourth-order valence-corrected chi connectivity index (χ4v) is 1.99. The van der Waals surface area contributed by atoms with Crippen LogP contribution in [0.2, 0.25) is 0 Å². The SMILES string of the molecule is CC(=O)OC1(OC(C)=O)CCC(C)C(O)C1. The molecule has 1 rings (SSSR count). The van der Waals surface area contributed by atoms with Crippen molar-refractivity contribution in [2.45, 2.75) is 51.9 Å². The molecule has 0 bridgehead atoms. The fourth-order valence-electron chi connectivity index (χ4n) is 1.99. The maximum Gasteiger partial charge on any atom is 0.305 e. The second-order valence-electron chi connectivity index (χ2n) is 4.39. The monoisotopic (exact) mass is 230 g/mol. The van der Waals surface area contributed by atoms with E-state index in [1.807, 2.05) is 6.92 Å². The van der Waals surface area contributed by atoms with Crippen LogP contribution in [0.1, 0.15) is 40.0 Å². The highest BCUT2D eigenvalue weighted by Gasteiger charge is 2.44. The van der Waals surface area contributed by atoms with E-state index in [2.05, 4.69) is 0 Å². The third-order valence-corrected chi connectivity index (χ3v) is 2.82. The van der Waals surface area contributed by atoms with Gasteiger partial charge in [-0.3, -0.25) is 9.59 Å². The van der Waals surface area contributed by atoms with E-state index in [1.165, 1.54) is 13.8 Å². The van der Waals surface area contributed by atoms with Gasteiger partial charge in [0, 0.05) is 20.3 Å². The van der Waals surface area contributed by atoms with E-state index in [0.29, 0.717) is 12.8 Å². The van der Waals surface area contributed by atoms with Crippen LogP contribution < -0.4 is 0 Å². The number of hydrogen-bond acceptors (Lipinski definition) is 5. The summed E-state index contributed by atoms with van der Waals surface area (Å²) in [5, 5.41) is 9.76. The molecule has 0 aliphatic heterocycles. The summed E-state index contributed by atoms with van der Waals surface area (Å²) >= 11 is 0. The van der Waals surface area contributed by atoms with E-state index in [9.17, 15) is 14.7 Å². The molecule has 0 aromatic rings. The van der Waals surface area contributed by atoms with Gasteiger partial charge in [0.15, 0.2) is 0 Å². The third kappa shape index (κ3) is 3.20. The lowest BCUT2D eigenvalue weighted by Crippen LogP contribution is -2.47. The molecule has 1 aliphatic carbocycles. The maximum atomic E-state index is 11.0. The molecular formula is C11H18O5. The number of rotatable bonds is 2. The normalized spacial score (nSPS) is 28.2. The first-order valence-electron chi connectivity index (χ1n) is 5.42. The molecule has 0 heterocycles. The van der Waals surface area contributed by atoms with Crippen molar-refractivity contribution in [1.82, 2.24) is 0 Å². The minimum atomic E-state index is -1.27. The first kappa shape index (κ1) is 13.0. The van der Waals surface area contributed by atoms with Crippen LogP contribution in [0, 0.1) is 5.92 Å². The zero-order valence-corrected chi connectivity index (χ0v) is 9.86. The smallest absolute Gasteiger partial charge is 0.305 e. The van der Waals surface area contributed by atoms with Crippen LogP contribution in [-0.4, -0.2) is 28.9 Å². The minimum Gasteiger partial charge on any atom is -0.423 e. The minimum absolute atomic E-state index is 0.124. The molecule has 0 radical (unpaired) electrons. The molecule has 0 amide bonds. The summed E-state index contributed by atoms with van der Waals surface area (Å²) in [5.74, 6) is -2.17. The number of hydrogen-bond donors (Lipinski definition) is 1. The molecule has 1 aliphatic rings. The number of ether oxygens (including phenoxy) is 2. The molecule has 16 heavy (non-hydrogen) atoms. The van der Waals surface area contributed by atoms with Gasteiger partial charge < -0.3 is 14.6 Å². The molecule has 5 nitrogen and oxygen atoms in total. The van der Waals surface area contributed by atoms with Gasteiger partial charge in [0.1, 0.15) is 0 Å². The van der Waals surface area contributed by atoms with Gasteiger partial charge >= 0.3 is 11.9 Å². The van der Waals surface area contributed by atoms with Crippen molar-refractivity contribution in [3.8, 4) is 0 Å². The second-order valence-corrected chi connectivity index (χ2v) is 4.39. The fraction of sp³-hybridized carbons (Fsp3) is 0.818. The highest BCUT2D eigenvalue weighted by Crippen LogP contribution is 2.36. The van der Waals surface area contributed by atoms with Crippen LogP contribution in [0.15, 0.2) is 0 Å². The molecule has 1 saturated carbocycles. The van der Waals surface area contributed by atoms with Crippen molar-refractivity contribution < 1.29 is 24.2 Å². The van der Waals surface area contributed by atoms with Crippen molar-refractivity contribution >= 4 is 11.9 Å². The first-order chi connectivity index (χ1) is 7.34. The lowest BCUT2D eigenvalue weighted by atomic mass is 9.83. The van der Waals surface area contributed by atoms with Gasteiger partial charge in [-0.05, 0) is 12.3 Å². The Labute approximate surface area is 94.7 Å². The highest BCUT2D eigenvalue weighted by molar-refractivity contribution is 5.68. The molecule has 0 aromatic heterocycles. The lowest BCUT2D eigenvalue weighted by molar-refractivity contribution is -0.248. The Balaban J connectivity index is 2.78. The Bertz CT molecular complexity index is 270. The van der Waals surface area contributed by atoms with E-state index < -0.39 is 23.8 Å². The molecule has 0 aromatic carbocycles. The topological polar surface area (TPSA) is 72.8 Å². The zero-order chi connectivity index (χ0) is 12.3. The first-order valence-corrected chi connectivity index (χ1v) is 5.42. The molecule has 92 valence electrons. The Morgan fingerprint density at radius 1 is 1.25 bits per heavy atom. The lowest BCUT2D eigenvalue weighted by Gasteiger charge is -2.39. The average Bonchev–Trinajstić information content (AvgIpc) is 2.09.